The van der Waals surface area contributed by atoms with Crippen LogP contribution in [0.25, 0.3) is 88.3 Å². The molecular weight excluding hydrogens is 727 g/mol. The predicted octanol–water partition coefficient (Wildman–Crippen LogP) is 16.5. The van der Waals surface area contributed by atoms with Gasteiger partial charge in [-0.2, -0.15) is 0 Å². The van der Waals surface area contributed by atoms with Gasteiger partial charge in [0.15, 0.2) is 0 Å². The van der Waals surface area contributed by atoms with Crippen LogP contribution in [-0.2, 0) is 0 Å². The van der Waals surface area contributed by atoms with Crippen LogP contribution in [0.2, 0.25) is 0 Å². The molecule has 282 valence electrons. The van der Waals surface area contributed by atoms with E-state index in [4.69, 9.17) is 4.42 Å². The third-order valence-electron chi connectivity index (χ3n) is 11.7. The van der Waals surface area contributed by atoms with Crippen LogP contribution >= 0.6 is 0 Å². The summed E-state index contributed by atoms with van der Waals surface area (Å²) in [5.41, 5.74) is 16.7. The molecule has 60 heavy (non-hydrogen) atoms. The molecule has 11 rings (SSSR count). The van der Waals surface area contributed by atoms with Crippen molar-refractivity contribution in [3.05, 3.63) is 237 Å². The normalized spacial score (nSPS) is 11.3. The molecule has 0 spiro atoms. The Hall–Kier alpha value is -7.94. The van der Waals surface area contributed by atoms with Gasteiger partial charge in [0.2, 0.25) is 0 Å². The number of nitrogens with zero attached hydrogens (tertiary/aromatic N) is 1. The molecule has 0 saturated heterocycles. The zero-order chi connectivity index (χ0) is 39.8. The van der Waals surface area contributed by atoms with Gasteiger partial charge in [-0.15, -0.1) is 0 Å². The molecule has 0 aliphatic rings. The van der Waals surface area contributed by atoms with Crippen LogP contribution in [-0.4, -0.2) is 0 Å². The zero-order valence-corrected chi connectivity index (χ0v) is 32.9. The molecule has 1 aromatic heterocycles. The van der Waals surface area contributed by atoms with Crippen molar-refractivity contribution in [2.24, 2.45) is 0 Å². The van der Waals surface area contributed by atoms with Crippen LogP contribution < -0.4 is 4.90 Å². The van der Waals surface area contributed by atoms with Crippen molar-refractivity contribution in [1.82, 2.24) is 0 Å². The molecule has 2 nitrogen and oxygen atoms in total. The summed E-state index contributed by atoms with van der Waals surface area (Å²) in [4.78, 5) is 2.37. The van der Waals surface area contributed by atoms with Gasteiger partial charge >= 0.3 is 0 Å². The van der Waals surface area contributed by atoms with Gasteiger partial charge < -0.3 is 9.32 Å². The van der Waals surface area contributed by atoms with Crippen molar-refractivity contribution in [1.29, 1.82) is 0 Å². The van der Waals surface area contributed by atoms with Gasteiger partial charge in [-0.1, -0.05) is 194 Å². The van der Waals surface area contributed by atoms with E-state index in [-0.39, 0.29) is 0 Å². The molecular formula is C58H39NO. The topological polar surface area (TPSA) is 16.4 Å². The average molecular weight is 766 g/mol. The quantitative estimate of drug-likeness (QED) is 0.153. The lowest BCUT2D eigenvalue weighted by Crippen LogP contribution is -2.10. The number of furan rings is 1. The molecule has 11 aromatic rings. The fourth-order valence-electron chi connectivity index (χ4n) is 8.79. The third-order valence-corrected chi connectivity index (χ3v) is 11.7. The summed E-state index contributed by atoms with van der Waals surface area (Å²) >= 11 is 0. The Bertz CT molecular complexity index is 3270. The fourth-order valence-corrected chi connectivity index (χ4v) is 8.79. The van der Waals surface area contributed by atoms with E-state index < -0.39 is 0 Å². The second-order valence-electron chi connectivity index (χ2n) is 15.2. The van der Waals surface area contributed by atoms with E-state index in [0.29, 0.717) is 0 Å². The maximum atomic E-state index is 6.75. The van der Waals surface area contributed by atoms with Gasteiger partial charge in [0.05, 0.1) is 11.1 Å². The number of anilines is 3. The predicted molar refractivity (Wildman–Crippen MR) is 253 cm³/mol. The number of rotatable bonds is 8. The molecule has 0 amide bonds. The van der Waals surface area contributed by atoms with E-state index in [1.54, 1.807) is 0 Å². The Morgan fingerprint density at radius 3 is 1.40 bits per heavy atom. The van der Waals surface area contributed by atoms with Crippen LogP contribution in [0.4, 0.5) is 17.1 Å². The highest BCUT2D eigenvalue weighted by atomic mass is 16.3. The van der Waals surface area contributed by atoms with E-state index in [9.17, 15) is 0 Å². The molecule has 0 aliphatic carbocycles. The summed E-state index contributed by atoms with van der Waals surface area (Å²) in [6, 6.07) is 84.7. The van der Waals surface area contributed by atoms with Gasteiger partial charge in [0.25, 0.3) is 0 Å². The number of para-hydroxylation sites is 1. The fraction of sp³-hybridized carbons (Fsp3) is 0. The largest absolute Gasteiger partial charge is 0.455 e. The summed E-state index contributed by atoms with van der Waals surface area (Å²) < 4.78 is 6.75. The number of benzene rings is 10. The van der Waals surface area contributed by atoms with Crippen LogP contribution in [0.3, 0.4) is 0 Å². The first-order chi connectivity index (χ1) is 29.8. The van der Waals surface area contributed by atoms with E-state index in [2.05, 4.69) is 235 Å². The maximum absolute atomic E-state index is 6.75. The van der Waals surface area contributed by atoms with E-state index >= 15 is 0 Å². The second-order valence-corrected chi connectivity index (χ2v) is 15.2. The monoisotopic (exact) mass is 765 g/mol. The molecule has 0 fully saturated rings. The number of fused-ring (bicyclic) bond motifs is 4. The standard InChI is InChI=1S/C58H39NO/c1-3-14-42(15-4-1)49-21-9-10-22-51(49)46-32-36-48(37-33-46)59(55-39-38-53(44-16-5-2-6-17-44)58-57(55)54-23-11-12-25-56(54)60-58)47-34-30-41(31-35-47)40-26-28-45(29-27-40)52-24-13-19-43-18-7-8-20-50(43)52/h1-39H. The van der Waals surface area contributed by atoms with Gasteiger partial charge in [0, 0.05) is 22.3 Å². The molecule has 0 unspecified atom stereocenters. The lowest BCUT2D eigenvalue weighted by molar-refractivity contribution is 0.670. The van der Waals surface area contributed by atoms with Crippen molar-refractivity contribution in [3.63, 3.8) is 0 Å². The molecule has 0 atom stereocenters. The molecule has 0 saturated carbocycles. The highest BCUT2D eigenvalue weighted by molar-refractivity contribution is 6.17. The van der Waals surface area contributed by atoms with Crippen LogP contribution in [0, 0.1) is 0 Å². The van der Waals surface area contributed by atoms with Crippen molar-refractivity contribution >= 4 is 49.8 Å². The minimum absolute atomic E-state index is 0.868. The summed E-state index contributed by atoms with van der Waals surface area (Å²) in [6.07, 6.45) is 0. The SMILES string of the molecule is c1ccc(-c2ccccc2-c2ccc(N(c3ccc(-c4ccc(-c5cccc6ccccc56)cc4)cc3)c3ccc(-c4ccccc4)c4oc5ccccc5c34)cc2)cc1. The van der Waals surface area contributed by atoms with Crippen molar-refractivity contribution in [3.8, 4) is 55.6 Å². The Labute approximate surface area is 349 Å². The highest BCUT2D eigenvalue weighted by Crippen LogP contribution is 2.47. The smallest absolute Gasteiger partial charge is 0.145 e. The maximum Gasteiger partial charge on any atom is 0.145 e. The third kappa shape index (κ3) is 6.32. The average Bonchev–Trinajstić information content (AvgIpc) is 3.73. The van der Waals surface area contributed by atoms with Crippen molar-refractivity contribution < 1.29 is 4.42 Å². The van der Waals surface area contributed by atoms with Gasteiger partial charge in [-0.25, -0.2) is 0 Å². The Kier molecular flexibility index (Phi) is 8.87. The Balaban J connectivity index is 1.03. The first-order valence-electron chi connectivity index (χ1n) is 20.5. The van der Waals surface area contributed by atoms with Crippen LogP contribution in [0.15, 0.2) is 241 Å². The first kappa shape index (κ1) is 35.2. The lowest BCUT2D eigenvalue weighted by atomic mass is 9.94. The molecule has 0 N–H and O–H groups in total. The molecule has 2 heteroatoms. The van der Waals surface area contributed by atoms with E-state index in [0.717, 1.165) is 55.7 Å². The first-order valence-corrected chi connectivity index (χ1v) is 20.5. The second kappa shape index (κ2) is 15.1. The summed E-state index contributed by atoms with van der Waals surface area (Å²) in [5, 5.41) is 4.68. The number of hydrogen-bond acceptors (Lipinski definition) is 2. The minimum atomic E-state index is 0.868. The summed E-state index contributed by atoms with van der Waals surface area (Å²) in [6.45, 7) is 0. The van der Waals surface area contributed by atoms with Gasteiger partial charge in [-0.05, 0) is 103 Å². The molecule has 10 aromatic carbocycles. The highest BCUT2D eigenvalue weighted by Gasteiger charge is 2.22. The minimum Gasteiger partial charge on any atom is -0.455 e. The van der Waals surface area contributed by atoms with Crippen LogP contribution in [0.1, 0.15) is 0 Å². The Morgan fingerprint density at radius 2 is 0.733 bits per heavy atom. The summed E-state index contributed by atoms with van der Waals surface area (Å²) in [5.74, 6) is 0. The van der Waals surface area contributed by atoms with Gasteiger partial charge in [0.1, 0.15) is 11.2 Å². The Morgan fingerprint density at radius 1 is 0.283 bits per heavy atom. The van der Waals surface area contributed by atoms with Crippen LogP contribution in [0.5, 0.6) is 0 Å². The zero-order valence-electron chi connectivity index (χ0n) is 32.9. The molecule has 0 bridgehead atoms. The van der Waals surface area contributed by atoms with Crippen molar-refractivity contribution in [2.75, 3.05) is 4.90 Å². The van der Waals surface area contributed by atoms with E-state index in [1.165, 1.54) is 49.7 Å². The number of hydrogen-bond donors (Lipinski definition) is 0. The molecule has 0 radical (unpaired) electrons. The summed E-state index contributed by atoms with van der Waals surface area (Å²) in [7, 11) is 0. The van der Waals surface area contributed by atoms with Crippen molar-refractivity contribution in [2.45, 2.75) is 0 Å². The van der Waals surface area contributed by atoms with Gasteiger partial charge in [-0.3, -0.25) is 0 Å². The van der Waals surface area contributed by atoms with E-state index in [1.807, 2.05) is 6.07 Å². The molecule has 0 aliphatic heterocycles. The molecule has 1 heterocycles. The lowest BCUT2D eigenvalue weighted by Gasteiger charge is -2.27.